The summed E-state index contributed by atoms with van der Waals surface area (Å²) < 4.78 is 20.8. The van der Waals surface area contributed by atoms with E-state index in [9.17, 15) is 14.4 Å². The second-order valence-corrected chi connectivity index (χ2v) is 7.91. The Hall–Kier alpha value is -4.01. The summed E-state index contributed by atoms with van der Waals surface area (Å²) in [5.74, 6) is 0.170. The summed E-state index contributed by atoms with van der Waals surface area (Å²) in [6.07, 6.45) is 2.96. The number of methoxy groups -OCH3 is 1. The van der Waals surface area contributed by atoms with E-state index < -0.39 is 30.4 Å². The van der Waals surface area contributed by atoms with Crippen molar-refractivity contribution in [3.8, 4) is 17.2 Å². The van der Waals surface area contributed by atoms with Crippen molar-refractivity contribution in [2.24, 2.45) is 5.92 Å². The zero-order chi connectivity index (χ0) is 24.5. The number of ether oxygens (including phenoxy) is 4. The molecule has 0 aromatic heterocycles. The van der Waals surface area contributed by atoms with Crippen LogP contribution in [0.1, 0.15) is 25.0 Å². The minimum Gasteiger partial charge on any atom is -0.497 e. The monoisotopic (exact) mass is 468 g/mol. The van der Waals surface area contributed by atoms with Crippen LogP contribution < -0.4 is 24.8 Å². The van der Waals surface area contributed by atoms with Gasteiger partial charge in [0.25, 0.3) is 5.91 Å². The molecule has 1 aliphatic rings. The molecule has 1 unspecified atom stereocenters. The second-order valence-electron chi connectivity index (χ2n) is 7.91. The third-order valence-corrected chi connectivity index (χ3v) is 5.03. The molecule has 9 heteroatoms. The number of carbonyl (C=O) groups excluding carboxylic acids is 3. The lowest BCUT2D eigenvalue weighted by atomic mass is 10.0. The van der Waals surface area contributed by atoms with Crippen LogP contribution in [0.5, 0.6) is 17.2 Å². The first-order chi connectivity index (χ1) is 16.4. The highest BCUT2D eigenvalue weighted by molar-refractivity contribution is 5.95. The molecule has 34 heavy (non-hydrogen) atoms. The third-order valence-electron chi connectivity index (χ3n) is 5.03. The number of benzene rings is 2. The molecule has 0 saturated carbocycles. The highest BCUT2D eigenvalue weighted by Crippen LogP contribution is 2.32. The predicted molar refractivity (Wildman–Crippen MR) is 124 cm³/mol. The number of rotatable bonds is 10. The van der Waals surface area contributed by atoms with E-state index in [0.717, 1.165) is 11.1 Å². The molecule has 1 atom stereocenters. The molecule has 1 heterocycles. The van der Waals surface area contributed by atoms with Gasteiger partial charge in [0.1, 0.15) is 11.8 Å². The molecule has 1 aliphatic heterocycles. The Balaban J connectivity index is 1.45. The van der Waals surface area contributed by atoms with Gasteiger partial charge in [0.05, 0.1) is 7.11 Å². The largest absolute Gasteiger partial charge is 0.497 e. The number of hydrogen-bond acceptors (Lipinski definition) is 7. The molecule has 0 fully saturated rings. The fourth-order valence-electron chi connectivity index (χ4n) is 3.12. The highest BCUT2D eigenvalue weighted by Gasteiger charge is 2.25. The van der Waals surface area contributed by atoms with Crippen molar-refractivity contribution in [3.05, 3.63) is 59.7 Å². The molecule has 180 valence electrons. The van der Waals surface area contributed by atoms with E-state index in [-0.39, 0.29) is 19.3 Å². The first-order valence-electron chi connectivity index (χ1n) is 10.8. The quantitative estimate of drug-likeness (QED) is 0.407. The maximum Gasteiger partial charge on any atom is 0.329 e. The zero-order valence-corrected chi connectivity index (χ0v) is 19.3. The molecule has 2 N–H and O–H groups in total. The van der Waals surface area contributed by atoms with E-state index in [4.69, 9.17) is 18.9 Å². The molecular formula is C25H28N2O7. The topological polar surface area (TPSA) is 112 Å². The molecule has 2 aromatic carbocycles. The van der Waals surface area contributed by atoms with Gasteiger partial charge in [-0.1, -0.05) is 32.0 Å². The van der Waals surface area contributed by atoms with E-state index in [2.05, 4.69) is 10.6 Å². The van der Waals surface area contributed by atoms with Gasteiger partial charge in [-0.2, -0.15) is 0 Å². The SMILES string of the molecule is COc1ccc(/C=C/C(=O)NC(C(=O)OCC(=O)NCc2ccc3c(c2)OCO3)C(C)C)cc1. The first kappa shape index (κ1) is 24.6. The highest BCUT2D eigenvalue weighted by atomic mass is 16.7. The summed E-state index contributed by atoms with van der Waals surface area (Å²) in [5.41, 5.74) is 1.62. The summed E-state index contributed by atoms with van der Waals surface area (Å²) in [6, 6.07) is 11.6. The van der Waals surface area contributed by atoms with Crippen LogP contribution >= 0.6 is 0 Å². The van der Waals surface area contributed by atoms with Crippen LogP contribution in [-0.2, 0) is 25.7 Å². The van der Waals surface area contributed by atoms with E-state index >= 15 is 0 Å². The summed E-state index contributed by atoms with van der Waals surface area (Å²) in [7, 11) is 1.58. The normalized spacial score (nSPS) is 12.9. The number of carbonyl (C=O) groups is 3. The van der Waals surface area contributed by atoms with Crippen LogP contribution in [0.25, 0.3) is 6.08 Å². The molecule has 2 amide bonds. The lowest BCUT2D eigenvalue weighted by Crippen LogP contribution is -2.45. The number of nitrogens with one attached hydrogen (secondary N) is 2. The first-order valence-corrected chi connectivity index (χ1v) is 10.8. The second kappa shape index (κ2) is 11.7. The number of fused-ring (bicyclic) bond motifs is 1. The average molecular weight is 469 g/mol. The molecule has 0 aliphatic carbocycles. The standard InChI is InChI=1S/C25H28N2O7/c1-16(2)24(27-22(28)11-7-17-4-8-19(31-3)9-5-17)25(30)32-14-23(29)26-13-18-6-10-20-21(12-18)34-15-33-20/h4-12,16,24H,13-15H2,1-3H3,(H,26,29)(H,27,28)/b11-7+. The third kappa shape index (κ3) is 6.99. The van der Waals surface area contributed by atoms with Crippen molar-refractivity contribution >= 4 is 23.9 Å². The van der Waals surface area contributed by atoms with Crippen LogP contribution in [-0.4, -0.2) is 44.3 Å². The molecule has 9 nitrogen and oxygen atoms in total. The van der Waals surface area contributed by atoms with Gasteiger partial charge in [-0.3, -0.25) is 9.59 Å². The number of hydrogen-bond donors (Lipinski definition) is 2. The van der Waals surface area contributed by atoms with Crippen molar-refractivity contribution < 1.29 is 33.3 Å². The lowest BCUT2D eigenvalue weighted by Gasteiger charge is -2.20. The number of amides is 2. The van der Waals surface area contributed by atoms with Gasteiger partial charge in [-0.05, 0) is 47.4 Å². The minimum absolute atomic E-state index is 0.173. The van der Waals surface area contributed by atoms with Crippen molar-refractivity contribution in [3.63, 3.8) is 0 Å². The van der Waals surface area contributed by atoms with Gasteiger partial charge >= 0.3 is 5.97 Å². The van der Waals surface area contributed by atoms with Crippen molar-refractivity contribution in [2.75, 3.05) is 20.5 Å². The van der Waals surface area contributed by atoms with Crippen LogP contribution in [0.15, 0.2) is 48.5 Å². The smallest absolute Gasteiger partial charge is 0.329 e. The lowest BCUT2D eigenvalue weighted by molar-refractivity contribution is -0.152. The molecule has 0 saturated heterocycles. The summed E-state index contributed by atoms with van der Waals surface area (Å²) in [5, 5.41) is 5.31. The Labute approximate surface area is 198 Å². The van der Waals surface area contributed by atoms with Gasteiger partial charge in [-0.15, -0.1) is 0 Å². The zero-order valence-electron chi connectivity index (χ0n) is 19.3. The van der Waals surface area contributed by atoms with E-state index in [1.54, 1.807) is 63.4 Å². The Morgan fingerprint density at radius 3 is 2.50 bits per heavy atom. The van der Waals surface area contributed by atoms with Crippen LogP contribution in [0.3, 0.4) is 0 Å². The van der Waals surface area contributed by atoms with Crippen molar-refractivity contribution in [1.29, 1.82) is 0 Å². The Kier molecular flexibility index (Phi) is 8.50. The maximum absolute atomic E-state index is 12.5. The van der Waals surface area contributed by atoms with E-state index in [1.807, 2.05) is 6.07 Å². The Morgan fingerprint density at radius 2 is 1.79 bits per heavy atom. The molecular weight excluding hydrogens is 440 g/mol. The van der Waals surface area contributed by atoms with Crippen molar-refractivity contribution in [1.82, 2.24) is 10.6 Å². The molecule has 0 spiro atoms. The fraction of sp³-hybridized carbons (Fsp3) is 0.320. The summed E-state index contributed by atoms with van der Waals surface area (Å²) in [4.78, 5) is 36.9. The molecule has 2 aromatic rings. The van der Waals surface area contributed by atoms with Crippen LogP contribution in [0, 0.1) is 5.92 Å². The Morgan fingerprint density at radius 1 is 1.06 bits per heavy atom. The van der Waals surface area contributed by atoms with Gasteiger partial charge in [0, 0.05) is 12.6 Å². The van der Waals surface area contributed by atoms with Gasteiger partial charge in [0.2, 0.25) is 12.7 Å². The van der Waals surface area contributed by atoms with Gasteiger partial charge in [-0.25, -0.2) is 4.79 Å². The van der Waals surface area contributed by atoms with Gasteiger partial charge < -0.3 is 29.6 Å². The fourth-order valence-corrected chi connectivity index (χ4v) is 3.12. The average Bonchev–Trinajstić information content (AvgIpc) is 3.31. The van der Waals surface area contributed by atoms with E-state index in [1.165, 1.54) is 6.08 Å². The van der Waals surface area contributed by atoms with Crippen molar-refractivity contribution in [2.45, 2.75) is 26.4 Å². The van der Waals surface area contributed by atoms with Gasteiger partial charge in [0.15, 0.2) is 18.1 Å². The van der Waals surface area contributed by atoms with Crippen LogP contribution in [0.2, 0.25) is 0 Å². The molecule has 0 radical (unpaired) electrons. The number of esters is 1. The molecule has 0 bridgehead atoms. The molecule has 3 rings (SSSR count). The Bertz CT molecular complexity index is 1050. The minimum atomic E-state index is -0.894. The predicted octanol–water partition coefficient (Wildman–Crippen LogP) is 2.44. The van der Waals surface area contributed by atoms with Crippen LogP contribution in [0.4, 0.5) is 0 Å². The van der Waals surface area contributed by atoms with E-state index in [0.29, 0.717) is 17.2 Å². The maximum atomic E-state index is 12.5. The summed E-state index contributed by atoms with van der Waals surface area (Å²) in [6.45, 7) is 3.52. The summed E-state index contributed by atoms with van der Waals surface area (Å²) >= 11 is 0.